The second-order valence-corrected chi connectivity index (χ2v) is 6.30. The molecule has 0 bridgehead atoms. The highest BCUT2D eigenvalue weighted by molar-refractivity contribution is 4.81. The van der Waals surface area contributed by atoms with E-state index in [1.807, 2.05) is 0 Å². The fraction of sp³-hybridized carbons (Fsp3) is 1.00. The summed E-state index contributed by atoms with van der Waals surface area (Å²) in [6.45, 7) is 17.1. The summed E-state index contributed by atoms with van der Waals surface area (Å²) in [7, 11) is 0. The van der Waals surface area contributed by atoms with E-state index in [-0.39, 0.29) is 11.0 Å². The maximum Gasteiger partial charge on any atom is 0.0631 e. The first-order valence-corrected chi connectivity index (χ1v) is 6.04. The molecule has 0 aliphatic rings. The van der Waals surface area contributed by atoms with Crippen molar-refractivity contribution in [2.24, 2.45) is 5.41 Å². The molecule has 0 aromatic carbocycles. The minimum absolute atomic E-state index is 0.0443. The minimum atomic E-state index is -0.0443. The molecule has 0 fully saturated rings. The predicted octanol–water partition coefficient (Wildman–Crippen LogP) is 3.22. The lowest BCUT2D eigenvalue weighted by Gasteiger charge is -2.34. The van der Waals surface area contributed by atoms with E-state index in [0.717, 1.165) is 13.2 Å². The van der Waals surface area contributed by atoms with Crippen molar-refractivity contribution in [3.05, 3.63) is 0 Å². The van der Waals surface area contributed by atoms with Gasteiger partial charge in [0.15, 0.2) is 0 Å². The number of nitrogens with one attached hydrogen (secondary N) is 1. The molecule has 2 heteroatoms. The Kier molecular flexibility index (Phi) is 5.82. The highest BCUT2D eigenvalue weighted by atomic mass is 16.5. The van der Waals surface area contributed by atoms with Crippen molar-refractivity contribution in [2.45, 2.75) is 66.5 Å². The van der Waals surface area contributed by atoms with Crippen molar-refractivity contribution in [3.63, 3.8) is 0 Å². The molecule has 0 rings (SSSR count). The molecule has 0 aliphatic heterocycles. The molecule has 0 radical (unpaired) electrons. The Morgan fingerprint density at radius 2 is 1.60 bits per heavy atom. The van der Waals surface area contributed by atoms with Gasteiger partial charge in [0.2, 0.25) is 0 Å². The van der Waals surface area contributed by atoms with E-state index in [0.29, 0.717) is 6.04 Å². The van der Waals surface area contributed by atoms with Crippen LogP contribution >= 0.6 is 0 Å². The molecular formula is C13H29NO. The van der Waals surface area contributed by atoms with Crippen molar-refractivity contribution >= 4 is 0 Å². The summed E-state index contributed by atoms with van der Waals surface area (Å²) in [4.78, 5) is 0. The highest BCUT2D eigenvalue weighted by Gasteiger charge is 2.25. The SMILES string of the molecule is CCCNC(COC(C)(C)C)C(C)(C)C. The van der Waals surface area contributed by atoms with Gasteiger partial charge in [0, 0.05) is 6.04 Å². The molecule has 1 atom stereocenters. The fourth-order valence-corrected chi connectivity index (χ4v) is 1.27. The van der Waals surface area contributed by atoms with Crippen LogP contribution < -0.4 is 5.32 Å². The Labute approximate surface area is 95.8 Å². The summed E-state index contributed by atoms with van der Waals surface area (Å²) in [6.07, 6.45) is 1.17. The van der Waals surface area contributed by atoms with E-state index < -0.39 is 0 Å². The number of hydrogen-bond acceptors (Lipinski definition) is 2. The first-order valence-electron chi connectivity index (χ1n) is 6.04. The average molecular weight is 215 g/mol. The third-order valence-electron chi connectivity index (χ3n) is 2.37. The molecule has 92 valence electrons. The second-order valence-electron chi connectivity index (χ2n) is 6.30. The fourth-order valence-electron chi connectivity index (χ4n) is 1.27. The second kappa shape index (κ2) is 5.86. The lowest BCUT2D eigenvalue weighted by atomic mass is 9.87. The van der Waals surface area contributed by atoms with Crippen molar-refractivity contribution in [1.82, 2.24) is 5.32 Å². The van der Waals surface area contributed by atoms with Gasteiger partial charge >= 0.3 is 0 Å². The van der Waals surface area contributed by atoms with Gasteiger partial charge in [0.25, 0.3) is 0 Å². The molecule has 0 heterocycles. The van der Waals surface area contributed by atoms with Crippen LogP contribution in [0.5, 0.6) is 0 Å². The third kappa shape index (κ3) is 7.80. The maximum atomic E-state index is 5.85. The van der Waals surface area contributed by atoms with E-state index >= 15 is 0 Å². The largest absolute Gasteiger partial charge is 0.374 e. The molecule has 2 nitrogen and oxygen atoms in total. The summed E-state index contributed by atoms with van der Waals surface area (Å²) in [5.74, 6) is 0. The van der Waals surface area contributed by atoms with Gasteiger partial charge in [-0.1, -0.05) is 27.7 Å². The highest BCUT2D eigenvalue weighted by Crippen LogP contribution is 2.21. The summed E-state index contributed by atoms with van der Waals surface area (Å²) in [5.41, 5.74) is 0.206. The van der Waals surface area contributed by atoms with Crippen LogP contribution in [0, 0.1) is 5.41 Å². The zero-order valence-corrected chi connectivity index (χ0v) is 11.6. The van der Waals surface area contributed by atoms with Crippen LogP contribution in [-0.4, -0.2) is 24.8 Å². The molecule has 0 spiro atoms. The summed E-state index contributed by atoms with van der Waals surface area (Å²) < 4.78 is 5.85. The quantitative estimate of drug-likeness (QED) is 0.760. The molecule has 1 unspecified atom stereocenters. The van der Waals surface area contributed by atoms with Gasteiger partial charge in [0.05, 0.1) is 12.2 Å². The zero-order chi connectivity index (χ0) is 12.1. The standard InChI is InChI=1S/C13H29NO/c1-8-9-14-11(12(2,3)4)10-15-13(5,6)7/h11,14H,8-10H2,1-7H3. The molecule has 0 aromatic heterocycles. The van der Waals surface area contributed by atoms with Crippen LogP contribution in [0.25, 0.3) is 0 Å². The minimum Gasteiger partial charge on any atom is -0.374 e. The Morgan fingerprint density at radius 1 is 1.07 bits per heavy atom. The number of rotatable bonds is 5. The first-order chi connectivity index (χ1) is 6.67. The normalized spacial score (nSPS) is 15.4. The van der Waals surface area contributed by atoms with Crippen LogP contribution in [0.4, 0.5) is 0 Å². The zero-order valence-electron chi connectivity index (χ0n) is 11.6. The smallest absolute Gasteiger partial charge is 0.0631 e. The monoisotopic (exact) mass is 215 g/mol. The van der Waals surface area contributed by atoms with Gasteiger partial charge in [-0.3, -0.25) is 0 Å². The topological polar surface area (TPSA) is 21.3 Å². The Balaban J connectivity index is 4.14. The molecule has 1 N–H and O–H groups in total. The van der Waals surface area contributed by atoms with Crippen LogP contribution in [0.15, 0.2) is 0 Å². The van der Waals surface area contributed by atoms with Gasteiger partial charge in [-0.05, 0) is 39.2 Å². The van der Waals surface area contributed by atoms with Gasteiger partial charge in [-0.15, -0.1) is 0 Å². The van der Waals surface area contributed by atoms with Gasteiger partial charge in [-0.25, -0.2) is 0 Å². The van der Waals surface area contributed by atoms with E-state index in [1.165, 1.54) is 6.42 Å². The summed E-state index contributed by atoms with van der Waals surface area (Å²) in [5, 5.41) is 3.56. The van der Waals surface area contributed by atoms with Crippen molar-refractivity contribution in [3.8, 4) is 0 Å². The average Bonchev–Trinajstić information content (AvgIpc) is 1.99. The lowest BCUT2D eigenvalue weighted by molar-refractivity contribution is -0.0292. The van der Waals surface area contributed by atoms with Crippen LogP contribution in [0.1, 0.15) is 54.9 Å². The summed E-state index contributed by atoms with van der Waals surface area (Å²) >= 11 is 0. The maximum absolute atomic E-state index is 5.85. The number of hydrogen-bond donors (Lipinski definition) is 1. The Bertz CT molecular complexity index is 164. The molecule has 0 aliphatic carbocycles. The van der Waals surface area contributed by atoms with Gasteiger partial charge in [-0.2, -0.15) is 0 Å². The van der Waals surface area contributed by atoms with Crippen molar-refractivity contribution in [2.75, 3.05) is 13.2 Å². The molecule has 15 heavy (non-hydrogen) atoms. The van der Waals surface area contributed by atoms with E-state index in [2.05, 4.69) is 53.8 Å². The van der Waals surface area contributed by atoms with E-state index in [9.17, 15) is 0 Å². The molecule has 0 saturated carbocycles. The molecule has 0 saturated heterocycles. The first kappa shape index (κ1) is 14.9. The van der Waals surface area contributed by atoms with E-state index in [1.54, 1.807) is 0 Å². The van der Waals surface area contributed by atoms with Crippen molar-refractivity contribution < 1.29 is 4.74 Å². The van der Waals surface area contributed by atoms with Crippen LogP contribution in [0.2, 0.25) is 0 Å². The Hall–Kier alpha value is -0.0800. The van der Waals surface area contributed by atoms with Crippen LogP contribution in [-0.2, 0) is 4.74 Å². The van der Waals surface area contributed by atoms with Gasteiger partial charge in [0.1, 0.15) is 0 Å². The lowest BCUT2D eigenvalue weighted by Crippen LogP contribution is -2.45. The van der Waals surface area contributed by atoms with Gasteiger partial charge < -0.3 is 10.1 Å². The van der Waals surface area contributed by atoms with E-state index in [4.69, 9.17) is 4.74 Å². The molecular weight excluding hydrogens is 186 g/mol. The molecule has 0 amide bonds. The van der Waals surface area contributed by atoms with Crippen molar-refractivity contribution in [1.29, 1.82) is 0 Å². The van der Waals surface area contributed by atoms with Crippen LogP contribution in [0.3, 0.4) is 0 Å². The predicted molar refractivity (Wildman–Crippen MR) is 67.2 cm³/mol. The Morgan fingerprint density at radius 3 is 1.93 bits per heavy atom. The summed E-state index contributed by atoms with van der Waals surface area (Å²) in [6, 6.07) is 0.427. The molecule has 0 aromatic rings. The number of ether oxygens (including phenoxy) is 1. The third-order valence-corrected chi connectivity index (χ3v) is 2.37.